The van der Waals surface area contributed by atoms with Gasteiger partial charge in [0.1, 0.15) is 6.23 Å². The predicted octanol–water partition coefficient (Wildman–Crippen LogP) is 3.48. The van der Waals surface area contributed by atoms with Gasteiger partial charge in [-0.1, -0.05) is 45.4 Å². The number of aryl methyl sites for hydroxylation is 1. The van der Waals surface area contributed by atoms with Crippen LogP contribution in [-0.4, -0.2) is 36.5 Å². The van der Waals surface area contributed by atoms with Gasteiger partial charge in [0.2, 0.25) is 0 Å². The van der Waals surface area contributed by atoms with Crippen LogP contribution in [-0.2, 0) is 4.74 Å². The zero-order valence-corrected chi connectivity index (χ0v) is 13.9. The second-order valence-electron chi connectivity index (χ2n) is 7.23. The standard InChI is InChI=1S/C18H28N2O/c1-12(2)16-10-21-18-17(13(3)4)20(16)11-19(18)15-8-6-14(5)7-9-15/h6-9,12-13,16-18H,10-11H2,1-5H3/t16-,17+,18-/m1/s1. The summed E-state index contributed by atoms with van der Waals surface area (Å²) in [6.07, 6.45) is 0.197. The number of rotatable bonds is 3. The minimum absolute atomic E-state index is 0.197. The monoisotopic (exact) mass is 288 g/mol. The Labute approximate surface area is 128 Å². The maximum absolute atomic E-state index is 6.30. The number of morpholine rings is 1. The van der Waals surface area contributed by atoms with Crippen LogP contribution in [0.5, 0.6) is 0 Å². The Kier molecular flexibility index (Phi) is 3.98. The van der Waals surface area contributed by atoms with Gasteiger partial charge in [0.25, 0.3) is 0 Å². The Morgan fingerprint density at radius 2 is 1.71 bits per heavy atom. The molecule has 3 heteroatoms. The van der Waals surface area contributed by atoms with Crippen LogP contribution in [0.1, 0.15) is 33.3 Å². The van der Waals surface area contributed by atoms with Gasteiger partial charge < -0.3 is 9.64 Å². The molecule has 0 aromatic heterocycles. The van der Waals surface area contributed by atoms with E-state index >= 15 is 0 Å². The van der Waals surface area contributed by atoms with Gasteiger partial charge in [-0.05, 0) is 30.9 Å². The molecule has 3 rings (SSSR count). The Morgan fingerprint density at radius 1 is 1.05 bits per heavy atom. The van der Waals surface area contributed by atoms with E-state index < -0.39 is 0 Å². The van der Waals surface area contributed by atoms with Crippen molar-refractivity contribution in [2.75, 3.05) is 18.2 Å². The summed E-state index contributed by atoms with van der Waals surface area (Å²) in [7, 11) is 0. The highest BCUT2D eigenvalue weighted by molar-refractivity contribution is 5.49. The Balaban J connectivity index is 1.90. The summed E-state index contributed by atoms with van der Waals surface area (Å²) in [5.74, 6) is 1.23. The molecule has 3 nitrogen and oxygen atoms in total. The van der Waals surface area contributed by atoms with Crippen LogP contribution >= 0.6 is 0 Å². The van der Waals surface area contributed by atoms with E-state index in [1.807, 2.05) is 0 Å². The zero-order valence-electron chi connectivity index (χ0n) is 13.9. The first-order chi connectivity index (χ1) is 9.99. The Hall–Kier alpha value is -1.06. The van der Waals surface area contributed by atoms with Gasteiger partial charge in [-0.3, -0.25) is 4.90 Å². The lowest BCUT2D eigenvalue weighted by Gasteiger charge is -2.42. The smallest absolute Gasteiger partial charge is 0.147 e. The molecule has 0 saturated carbocycles. The fourth-order valence-electron chi connectivity index (χ4n) is 3.76. The lowest BCUT2D eigenvalue weighted by atomic mass is 9.94. The molecule has 2 bridgehead atoms. The van der Waals surface area contributed by atoms with Crippen molar-refractivity contribution < 1.29 is 4.74 Å². The number of ether oxygens (including phenoxy) is 1. The molecule has 0 spiro atoms. The molecule has 2 heterocycles. The van der Waals surface area contributed by atoms with Crippen LogP contribution < -0.4 is 4.90 Å². The second-order valence-corrected chi connectivity index (χ2v) is 7.23. The van der Waals surface area contributed by atoms with Gasteiger partial charge in [-0.2, -0.15) is 0 Å². The van der Waals surface area contributed by atoms with Crippen LogP contribution in [0.15, 0.2) is 24.3 Å². The van der Waals surface area contributed by atoms with Gasteiger partial charge >= 0.3 is 0 Å². The summed E-state index contributed by atoms with van der Waals surface area (Å²) in [5, 5.41) is 0. The summed E-state index contributed by atoms with van der Waals surface area (Å²) in [6, 6.07) is 9.86. The number of hydrogen-bond acceptors (Lipinski definition) is 3. The van der Waals surface area contributed by atoms with Crippen molar-refractivity contribution in [2.45, 2.75) is 52.9 Å². The van der Waals surface area contributed by atoms with Gasteiger partial charge in [0.05, 0.1) is 19.3 Å². The molecule has 21 heavy (non-hydrogen) atoms. The summed E-state index contributed by atoms with van der Waals surface area (Å²) >= 11 is 0. The van der Waals surface area contributed by atoms with E-state index in [0.717, 1.165) is 13.3 Å². The number of benzene rings is 1. The Bertz CT molecular complexity index is 482. The first kappa shape index (κ1) is 14.9. The summed E-state index contributed by atoms with van der Waals surface area (Å²) < 4.78 is 6.30. The number of fused-ring (bicyclic) bond motifs is 2. The van der Waals surface area contributed by atoms with Crippen molar-refractivity contribution in [3.63, 3.8) is 0 Å². The molecular formula is C18H28N2O. The van der Waals surface area contributed by atoms with E-state index in [1.54, 1.807) is 0 Å². The number of anilines is 1. The van der Waals surface area contributed by atoms with E-state index in [4.69, 9.17) is 4.74 Å². The van der Waals surface area contributed by atoms with Crippen LogP contribution in [0.3, 0.4) is 0 Å². The van der Waals surface area contributed by atoms with E-state index in [2.05, 4.69) is 68.7 Å². The van der Waals surface area contributed by atoms with E-state index in [-0.39, 0.29) is 6.23 Å². The molecule has 2 aliphatic rings. The topological polar surface area (TPSA) is 15.7 Å². The fraction of sp³-hybridized carbons (Fsp3) is 0.667. The Morgan fingerprint density at radius 3 is 2.29 bits per heavy atom. The van der Waals surface area contributed by atoms with Gasteiger partial charge in [-0.15, -0.1) is 0 Å². The van der Waals surface area contributed by atoms with Crippen LogP contribution in [0.4, 0.5) is 5.69 Å². The second kappa shape index (κ2) is 5.62. The van der Waals surface area contributed by atoms with E-state index in [1.165, 1.54) is 11.3 Å². The largest absolute Gasteiger partial charge is 0.355 e. The predicted molar refractivity (Wildman–Crippen MR) is 87.4 cm³/mol. The molecule has 0 aliphatic carbocycles. The van der Waals surface area contributed by atoms with Crippen LogP contribution in [0.25, 0.3) is 0 Å². The van der Waals surface area contributed by atoms with Crippen molar-refractivity contribution in [3.05, 3.63) is 29.8 Å². The molecule has 2 saturated heterocycles. The number of hydrogen-bond donors (Lipinski definition) is 0. The van der Waals surface area contributed by atoms with E-state index in [0.29, 0.717) is 23.9 Å². The molecule has 2 fully saturated rings. The molecule has 1 unspecified atom stereocenters. The highest BCUT2D eigenvalue weighted by Gasteiger charge is 2.49. The van der Waals surface area contributed by atoms with Crippen molar-refractivity contribution in [1.29, 1.82) is 0 Å². The summed E-state index contributed by atoms with van der Waals surface area (Å²) in [6.45, 7) is 13.2. The molecule has 0 radical (unpaired) electrons. The zero-order chi connectivity index (χ0) is 15.1. The van der Waals surface area contributed by atoms with Crippen molar-refractivity contribution >= 4 is 5.69 Å². The van der Waals surface area contributed by atoms with Crippen molar-refractivity contribution in [3.8, 4) is 0 Å². The highest BCUT2D eigenvalue weighted by atomic mass is 16.5. The van der Waals surface area contributed by atoms with E-state index in [9.17, 15) is 0 Å². The molecule has 0 N–H and O–H groups in total. The van der Waals surface area contributed by atoms with Crippen molar-refractivity contribution in [2.24, 2.45) is 11.8 Å². The third-order valence-corrected chi connectivity index (χ3v) is 4.98. The van der Waals surface area contributed by atoms with Crippen molar-refractivity contribution in [1.82, 2.24) is 4.90 Å². The first-order valence-electron chi connectivity index (χ1n) is 8.19. The summed E-state index contributed by atoms with van der Waals surface area (Å²) in [5.41, 5.74) is 2.59. The SMILES string of the molecule is Cc1ccc(N2CN3[C@@H](C(C)C)CO[C@@H]2[C@@H]3C(C)C)cc1. The van der Waals surface area contributed by atoms with Gasteiger partial charge in [0, 0.05) is 11.7 Å². The first-order valence-corrected chi connectivity index (χ1v) is 8.19. The normalized spacial score (nSPS) is 32.2. The molecule has 4 atom stereocenters. The number of nitrogens with zero attached hydrogens (tertiary/aromatic N) is 2. The summed E-state index contributed by atoms with van der Waals surface area (Å²) in [4.78, 5) is 5.11. The van der Waals surface area contributed by atoms with Crippen LogP contribution in [0, 0.1) is 18.8 Å². The molecule has 1 aromatic carbocycles. The lowest BCUT2D eigenvalue weighted by Crippen LogP contribution is -2.55. The molecule has 116 valence electrons. The van der Waals surface area contributed by atoms with Gasteiger partial charge in [0.15, 0.2) is 0 Å². The fourth-order valence-corrected chi connectivity index (χ4v) is 3.76. The third-order valence-electron chi connectivity index (χ3n) is 4.98. The average molecular weight is 288 g/mol. The van der Waals surface area contributed by atoms with Crippen LogP contribution in [0.2, 0.25) is 0 Å². The third kappa shape index (κ3) is 2.58. The maximum Gasteiger partial charge on any atom is 0.147 e. The van der Waals surface area contributed by atoms with Gasteiger partial charge in [-0.25, -0.2) is 0 Å². The molecule has 2 aliphatic heterocycles. The lowest BCUT2D eigenvalue weighted by molar-refractivity contribution is -0.0818. The molecule has 1 aromatic rings. The minimum atomic E-state index is 0.197. The quantitative estimate of drug-likeness (QED) is 0.847. The highest BCUT2D eigenvalue weighted by Crippen LogP contribution is 2.38. The average Bonchev–Trinajstić information content (AvgIpc) is 2.70. The molecule has 0 amide bonds. The maximum atomic E-state index is 6.30. The minimum Gasteiger partial charge on any atom is -0.355 e. The molecular weight excluding hydrogens is 260 g/mol.